The van der Waals surface area contributed by atoms with E-state index in [2.05, 4.69) is 5.32 Å². The molecule has 0 bridgehead atoms. The number of rotatable bonds is 7. The molecule has 0 spiro atoms. The molecule has 0 saturated heterocycles. The highest BCUT2D eigenvalue weighted by Crippen LogP contribution is 2.40. The van der Waals surface area contributed by atoms with Gasteiger partial charge < -0.3 is 18.9 Å². The molecule has 0 aliphatic heterocycles. The van der Waals surface area contributed by atoms with E-state index >= 15 is 0 Å². The number of carbonyl (C=O) groups is 2. The average Bonchev–Trinajstić information content (AvgIpc) is 3.66. The van der Waals surface area contributed by atoms with E-state index in [9.17, 15) is 9.59 Å². The predicted octanol–water partition coefficient (Wildman–Crippen LogP) is 7.07. The lowest BCUT2D eigenvalue weighted by atomic mass is 10.1. The third kappa shape index (κ3) is 4.85. The van der Waals surface area contributed by atoms with Gasteiger partial charge in [-0.2, -0.15) is 0 Å². The maximum atomic E-state index is 12.7. The predicted molar refractivity (Wildman–Crippen MR) is 138 cm³/mol. The number of nitrogens with one attached hydrogen (secondary N) is 1. The number of benzene rings is 2. The highest BCUT2D eigenvalue weighted by atomic mass is 32.1. The Bertz CT molecular complexity index is 1500. The zero-order valence-corrected chi connectivity index (χ0v) is 20.4. The number of amides is 1. The Balaban J connectivity index is 1.46. The van der Waals surface area contributed by atoms with Gasteiger partial charge in [-0.3, -0.25) is 4.79 Å². The molecule has 0 fully saturated rings. The van der Waals surface area contributed by atoms with Gasteiger partial charge in [0.25, 0.3) is 5.91 Å². The number of hydrogen-bond donors (Lipinski definition) is 1. The Kier molecular flexibility index (Phi) is 6.51. The van der Waals surface area contributed by atoms with Crippen molar-refractivity contribution in [3.05, 3.63) is 95.9 Å². The molecule has 3 aromatic heterocycles. The number of hydrogen-bond acceptors (Lipinski definition) is 7. The van der Waals surface area contributed by atoms with Gasteiger partial charge in [-0.05, 0) is 50.2 Å². The Labute approximate surface area is 211 Å². The van der Waals surface area contributed by atoms with Crippen LogP contribution in [0.3, 0.4) is 0 Å². The second kappa shape index (κ2) is 10.1. The highest BCUT2D eigenvalue weighted by molar-refractivity contribution is 7.19. The number of ether oxygens (including phenoxy) is 1. The van der Waals surface area contributed by atoms with Crippen LogP contribution in [0.2, 0.25) is 0 Å². The van der Waals surface area contributed by atoms with Crippen molar-refractivity contribution in [2.45, 2.75) is 13.8 Å². The van der Waals surface area contributed by atoms with Crippen molar-refractivity contribution in [3.8, 4) is 33.3 Å². The Morgan fingerprint density at radius 3 is 2.36 bits per heavy atom. The lowest BCUT2D eigenvalue weighted by molar-refractivity contribution is 0.0526. The Morgan fingerprint density at radius 1 is 0.944 bits per heavy atom. The Hall–Kier alpha value is -4.43. The fourth-order valence-corrected chi connectivity index (χ4v) is 4.53. The second-order valence-corrected chi connectivity index (χ2v) is 8.95. The van der Waals surface area contributed by atoms with Gasteiger partial charge in [0.1, 0.15) is 16.5 Å². The van der Waals surface area contributed by atoms with E-state index in [4.69, 9.17) is 18.6 Å². The molecule has 7 nitrogen and oxygen atoms in total. The molecule has 180 valence electrons. The number of furan rings is 2. The van der Waals surface area contributed by atoms with Crippen molar-refractivity contribution in [1.29, 1.82) is 0 Å². The number of aryl methyl sites for hydroxylation is 1. The molecule has 1 amide bonds. The fraction of sp³-hybridized carbons (Fsp3) is 0.107. The van der Waals surface area contributed by atoms with Crippen LogP contribution in [0.15, 0.2) is 87.9 Å². The second-order valence-electron chi connectivity index (χ2n) is 7.96. The lowest BCUT2D eigenvalue weighted by Gasteiger charge is -2.04. The normalized spacial score (nSPS) is 10.8. The summed E-state index contributed by atoms with van der Waals surface area (Å²) in [6, 6.07) is 21.9. The molecule has 0 radical (unpaired) electrons. The van der Waals surface area contributed by atoms with E-state index in [1.54, 1.807) is 31.2 Å². The molecule has 5 aromatic rings. The van der Waals surface area contributed by atoms with Gasteiger partial charge in [0.15, 0.2) is 16.5 Å². The minimum absolute atomic E-state index is 0.214. The summed E-state index contributed by atoms with van der Waals surface area (Å²) in [5.41, 5.74) is 3.94. The first-order valence-electron chi connectivity index (χ1n) is 11.3. The molecular formula is C28H22N2O5S. The van der Waals surface area contributed by atoms with E-state index in [0.29, 0.717) is 39.4 Å². The molecule has 0 unspecified atom stereocenters. The largest absolute Gasteiger partial charge is 0.462 e. The first-order valence-corrected chi connectivity index (χ1v) is 12.1. The van der Waals surface area contributed by atoms with Crippen LogP contribution in [0, 0.1) is 6.92 Å². The maximum Gasteiger partial charge on any atom is 0.338 e. The molecule has 1 N–H and O–H groups in total. The highest BCUT2D eigenvalue weighted by Gasteiger charge is 2.20. The maximum absolute atomic E-state index is 12.7. The standard InChI is InChI=1S/C28H22N2O5S/c1-3-33-28(32)20-12-10-18(11-13-20)21-14-15-23(35-21)26-29-24(19-8-6-17(2)7-9-19)27(36-26)30-25(31)22-5-4-16-34-22/h4-16H,3H2,1-2H3,(H,30,31). The molecule has 3 heterocycles. The number of carbonyl (C=O) groups excluding carboxylic acids is 2. The van der Waals surface area contributed by atoms with E-state index in [1.807, 2.05) is 55.5 Å². The molecule has 36 heavy (non-hydrogen) atoms. The molecular weight excluding hydrogens is 476 g/mol. The third-order valence-corrected chi connectivity index (χ3v) is 6.41. The monoisotopic (exact) mass is 498 g/mol. The van der Waals surface area contributed by atoms with Crippen molar-refractivity contribution in [1.82, 2.24) is 4.98 Å². The van der Waals surface area contributed by atoms with E-state index in [1.165, 1.54) is 17.6 Å². The first-order chi connectivity index (χ1) is 17.5. The molecule has 0 saturated carbocycles. The lowest BCUT2D eigenvalue weighted by Crippen LogP contribution is -2.10. The van der Waals surface area contributed by atoms with E-state index in [-0.39, 0.29) is 17.6 Å². The molecule has 0 aliphatic carbocycles. The molecule has 0 atom stereocenters. The Morgan fingerprint density at radius 2 is 1.67 bits per heavy atom. The van der Waals surface area contributed by atoms with Gasteiger partial charge in [-0.15, -0.1) is 0 Å². The number of esters is 1. The summed E-state index contributed by atoms with van der Waals surface area (Å²) in [5, 5.41) is 4.13. The van der Waals surface area contributed by atoms with Crippen molar-refractivity contribution in [2.24, 2.45) is 0 Å². The van der Waals surface area contributed by atoms with E-state index < -0.39 is 0 Å². The number of anilines is 1. The molecule has 8 heteroatoms. The molecule has 2 aromatic carbocycles. The smallest absolute Gasteiger partial charge is 0.338 e. The zero-order chi connectivity index (χ0) is 25.1. The van der Waals surface area contributed by atoms with Crippen LogP contribution in [0.4, 0.5) is 5.00 Å². The van der Waals surface area contributed by atoms with Crippen LogP contribution in [-0.2, 0) is 4.74 Å². The fourth-order valence-electron chi connectivity index (χ4n) is 3.58. The minimum atomic E-state index is -0.361. The van der Waals surface area contributed by atoms with Crippen molar-refractivity contribution in [2.75, 3.05) is 11.9 Å². The van der Waals surface area contributed by atoms with Crippen LogP contribution in [-0.4, -0.2) is 23.5 Å². The van der Waals surface area contributed by atoms with Gasteiger partial charge in [0.2, 0.25) is 0 Å². The van der Waals surface area contributed by atoms with Crippen LogP contribution in [0.25, 0.3) is 33.3 Å². The van der Waals surface area contributed by atoms with Crippen molar-refractivity contribution in [3.63, 3.8) is 0 Å². The minimum Gasteiger partial charge on any atom is -0.462 e. The van der Waals surface area contributed by atoms with E-state index in [0.717, 1.165) is 16.7 Å². The number of aromatic nitrogens is 1. The first kappa shape index (κ1) is 23.3. The SMILES string of the molecule is CCOC(=O)c1ccc(-c2ccc(-c3nc(-c4ccc(C)cc4)c(NC(=O)c4ccco4)s3)o2)cc1. The summed E-state index contributed by atoms with van der Waals surface area (Å²) in [6.45, 7) is 4.11. The summed E-state index contributed by atoms with van der Waals surface area (Å²) < 4.78 is 16.4. The van der Waals surface area contributed by atoms with Gasteiger partial charge in [0, 0.05) is 11.1 Å². The van der Waals surface area contributed by atoms with Gasteiger partial charge in [-0.25, -0.2) is 9.78 Å². The van der Waals surface area contributed by atoms with Crippen LogP contribution in [0.5, 0.6) is 0 Å². The quantitative estimate of drug-likeness (QED) is 0.241. The summed E-state index contributed by atoms with van der Waals surface area (Å²) in [5.74, 6) is 0.696. The average molecular weight is 499 g/mol. The summed E-state index contributed by atoms with van der Waals surface area (Å²) in [6.07, 6.45) is 1.46. The topological polar surface area (TPSA) is 94.6 Å². The number of thiazole rings is 1. The zero-order valence-electron chi connectivity index (χ0n) is 19.6. The van der Waals surface area contributed by atoms with Gasteiger partial charge >= 0.3 is 5.97 Å². The van der Waals surface area contributed by atoms with Gasteiger partial charge in [-0.1, -0.05) is 53.3 Å². The van der Waals surface area contributed by atoms with Crippen LogP contribution < -0.4 is 5.32 Å². The van der Waals surface area contributed by atoms with Crippen molar-refractivity contribution < 1.29 is 23.2 Å². The molecule has 5 rings (SSSR count). The summed E-state index contributed by atoms with van der Waals surface area (Å²) in [7, 11) is 0. The molecule has 0 aliphatic rings. The summed E-state index contributed by atoms with van der Waals surface area (Å²) in [4.78, 5) is 29.4. The van der Waals surface area contributed by atoms with Gasteiger partial charge in [0.05, 0.1) is 18.4 Å². The third-order valence-electron chi connectivity index (χ3n) is 5.42. The van der Waals surface area contributed by atoms with Crippen molar-refractivity contribution >= 4 is 28.2 Å². The van der Waals surface area contributed by atoms with Crippen LogP contribution >= 0.6 is 11.3 Å². The van der Waals surface area contributed by atoms with Crippen LogP contribution in [0.1, 0.15) is 33.4 Å². The summed E-state index contributed by atoms with van der Waals surface area (Å²) >= 11 is 1.32. The number of nitrogens with zero attached hydrogens (tertiary/aromatic N) is 1.